The third-order valence-electron chi connectivity index (χ3n) is 5.08. The molecule has 0 saturated heterocycles. The first-order valence-corrected chi connectivity index (χ1v) is 12.1. The Labute approximate surface area is 164 Å². The molecule has 0 fully saturated rings. The number of para-hydroxylation sites is 1. The minimum atomic E-state index is -1.84. The van der Waals surface area contributed by atoms with Crippen molar-refractivity contribution in [1.29, 1.82) is 0 Å². The Morgan fingerprint density at radius 1 is 1.07 bits per heavy atom. The normalized spacial score (nSPS) is 13.4. The van der Waals surface area contributed by atoms with Crippen LogP contribution in [-0.4, -0.2) is 33.8 Å². The largest absolute Gasteiger partial charge is 0.467 e. The molecular formula is C21H32N2O3Si. The molecule has 27 heavy (non-hydrogen) atoms. The van der Waals surface area contributed by atoms with Crippen LogP contribution in [0.3, 0.4) is 0 Å². The second-order valence-corrected chi connectivity index (χ2v) is 13.0. The molecule has 2 rings (SSSR count). The number of benzene rings is 1. The van der Waals surface area contributed by atoms with E-state index in [1.165, 1.54) is 0 Å². The SMILES string of the molecule is COCOc1ccccc1-c1cccc([C@H](N)CO[Si](C)(C)C(C)(C)C)n1. The Bertz CT molecular complexity index is 744. The molecule has 0 radical (unpaired) electrons. The van der Waals surface area contributed by atoms with E-state index in [0.29, 0.717) is 6.61 Å². The first-order chi connectivity index (χ1) is 12.7. The standard InChI is InChI=1S/C21H32N2O3Si/c1-21(2,3)27(5,6)26-14-17(22)19-12-9-11-18(23-19)16-10-7-8-13-20(16)25-15-24-4/h7-13,17H,14-15,22H2,1-6H3/t17-/m1/s1. The summed E-state index contributed by atoms with van der Waals surface area (Å²) in [4.78, 5) is 4.76. The van der Waals surface area contributed by atoms with Gasteiger partial charge in [0.2, 0.25) is 0 Å². The number of hydrogen-bond donors (Lipinski definition) is 1. The van der Waals surface area contributed by atoms with Gasteiger partial charge in [0.25, 0.3) is 0 Å². The van der Waals surface area contributed by atoms with E-state index in [4.69, 9.17) is 24.6 Å². The highest BCUT2D eigenvalue weighted by Gasteiger charge is 2.37. The monoisotopic (exact) mass is 388 g/mol. The lowest BCUT2D eigenvalue weighted by Crippen LogP contribution is -2.42. The van der Waals surface area contributed by atoms with Crippen molar-refractivity contribution in [3.63, 3.8) is 0 Å². The van der Waals surface area contributed by atoms with Gasteiger partial charge < -0.3 is 19.6 Å². The number of nitrogens with zero attached hydrogens (tertiary/aromatic N) is 1. The number of ether oxygens (including phenoxy) is 2. The lowest BCUT2D eigenvalue weighted by atomic mass is 10.1. The van der Waals surface area contributed by atoms with Gasteiger partial charge in [-0.15, -0.1) is 0 Å². The first kappa shape index (κ1) is 21.6. The second-order valence-electron chi connectivity index (χ2n) is 8.17. The molecule has 2 aromatic rings. The molecule has 5 nitrogen and oxygen atoms in total. The van der Waals surface area contributed by atoms with E-state index in [1.807, 2.05) is 42.5 Å². The zero-order valence-corrected chi connectivity index (χ0v) is 18.3. The van der Waals surface area contributed by atoms with E-state index in [-0.39, 0.29) is 17.9 Å². The Morgan fingerprint density at radius 3 is 2.44 bits per heavy atom. The molecule has 0 bridgehead atoms. The van der Waals surface area contributed by atoms with Crippen LogP contribution in [0.4, 0.5) is 0 Å². The number of hydrogen-bond acceptors (Lipinski definition) is 5. The molecule has 0 aliphatic heterocycles. The van der Waals surface area contributed by atoms with Crippen LogP contribution in [0.25, 0.3) is 11.3 Å². The summed E-state index contributed by atoms with van der Waals surface area (Å²) in [6, 6.07) is 13.4. The van der Waals surface area contributed by atoms with Crippen molar-refractivity contribution in [3.8, 4) is 17.0 Å². The number of methoxy groups -OCH3 is 1. The highest BCUT2D eigenvalue weighted by Crippen LogP contribution is 2.37. The van der Waals surface area contributed by atoms with Crippen molar-refractivity contribution in [2.45, 2.75) is 44.9 Å². The lowest BCUT2D eigenvalue weighted by Gasteiger charge is -2.36. The molecule has 2 N–H and O–H groups in total. The van der Waals surface area contributed by atoms with Crippen molar-refractivity contribution in [3.05, 3.63) is 48.2 Å². The minimum absolute atomic E-state index is 0.152. The molecule has 148 valence electrons. The van der Waals surface area contributed by atoms with Gasteiger partial charge in [-0.05, 0) is 42.4 Å². The molecular weight excluding hydrogens is 356 g/mol. The van der Waals surface area contributed by atoms with Crippen LogP contribution in [0.1, 0.15) is 32.5 Å². The Kier molecular flexibility index (Phi) is 7.17. The maximum atomic E-state index is 6.39. The van der Waals surface area contributed by atoms with Crippen molar-refractivity contribution >= 4 is 8.32 Å². The molecule has 0 spiro atoms. The topological polar surface area (TPSA) is 66.6 Å². The molecule has 1 aromatic heterocycles. The van der Waals surface area contributed by atoms with E-state index < -0.39 is 8.32 Å². The zero-order valence-electron chi connectivity index (χ0n) is 17.3. The van der Waals surface area contributed by atoms with Gasteiger partial charge >= 0.3 is 0 Å². The van der Waals surface area contributed by atoms with Crippen LogP contribution in [0.15, 0.2) is 42.5 Å². The fourth-order valence-corrected chi connectivity index (χ4v) is 3.36. The van der Waals surface area contributed by atoms with Crippen LogP contribution < -0.4 is 10.5 Å². The van der Waals surface area contributed by atoms with Crippen molar-refractivity contribution in [1.82, 2.24) is 4.98 Å². The first-order valence-electron chi connectivity index (χ1n) is 9.23. The molecule has 1 heterocycles. The summed E-state index contributed by atoms with van der Waals surface area (Å²) < 4.78 is 16.9. The highest BCUT2D eigenvalue weighted by atomic mass is 28.4. The second kappa shape index (κ2) is 8.97. The van der Waals surface area contributed by atoms with Crippen LogP contribution in [0, 0.1) is 0 Å². The quantitative estimate of drug-likeness (QED) is 0.522. The molecule has 0 aliphatic carbocycles. The summed E-state index contributed by atoms with van der Waals surface area (Å²) >= 11 is 0. The average molecular weight is 389 g/mol. The fraction of sp³-hybridized carbons (Fsp3) is 0.476. The van der Waals surface area contributed by atoms with Crippen molar-refractivity contribution < 1.29 is 13.9 Å². The smallest absolute Gasteiger partial charge is 0.192 e. The molecule has 1 aromatic carbocycles. The number of rotatable bonds is 8. The summed E-state index contributed by atoms with van der Waals surface area (Å²) in [5.41, 5.74) is 8.94. The highest BCUT2D eigenvalue weighted by molar-refractivity contribution is 6.74. The van der Waals surface area contributed by atoms with Gasteiger partial charge in [-0.3, -0.25) is 4.98 Å². The van der Waals surface area contributed by atoms with Gasteiger partial charge in [0.05, 0.1) is 24.0 Å². The van der Waals surface area contributed by atoms with Crippen LogP contribution >= 0.6 is 0 Å². The lowest BCUT2D eigenvalue weighted by molar-refractivity contribution is 0.0515. The van der Waals surface area contributed by atoms with E-state index in [0.717, 1.165) is 22.7 Å². The number of aromatic nitrogens is 1. The molecule has 0 amide bonds. The Hall–Kier alpha value is -1.73. The van der Waals surface area contributed by atoms with E-state index in [9.17, 15) is 0 Å². The summed E-state index contributed by atoms with van der Waals surface area (Å²) in [7, 11) is -0.244. The van der Waals surface area contributed by atoms with E-state index in [1.54, 1.807) is 7.11 Å². The fourth-order valence-electron chi connectivity index (χ4n) is 2.33. The van der Waals surface area contributed by atoms with Crippen molar-refractivity contribution in [2.75, 3.05) is 20.5 Å². The minimum Gasteiger partial charge on any atom is -0.467 e. The zero-order chi connectivity index (χ0) is 20.1. The number of pyridine rings is 1. The van der Waals surface area contributed by atoms with Crippen LogP contribution in [0.5, 0.6) is 5.75 Å². The Morgan fingerprint density at radius 2 is 1.78 bits per heavy atom. The van der Waals surface area contributed by atoms with Crippen molar-refractivity contribution in [2.24, 2.45) is 5.73 Å². The maximum Gasteiger partial charge on any atom is 0.192 e. The van der Waals surface area contributed by atoms with E-state index in [2.05, 4.69) is 33.9 Å². The summed E-state index contributed by atoms with van der Waals surface area (Å²) in [6.07, 6.45) is 0. The maximum absolute atomic E-state index is 6.39. The van der Waals surface area contributed by atoms with Crippen LogP contribution in [0.2, 0.25) is 18.1 Å². The Balaban J connectivity index is 2.18. The predicted octanol–water partition coefficient (Wildman–Crippen LogP) is 4.75. The van der Waals surface area contributed by atoms with Gasteiger partial charge in [0, 0.05) is 12.7 Å². The van der Waals surface area contributed by atoms with E-state index >= 15 is 0 Å². The predicted molar refractivity (Wildman–Crippen MR) is 112 cm³/mol. The third-order valence-corrected chi connectivity index (χ3v) is 9.58. The van der Waals surface area contributed by atoms with Gasteiger partial charge in [-0.1, -0.05) is 39.0 Å². The summed E-state index contributed by atoms with van der Waals surface area (Å²) in [5, 5.41) is 0.152. The van der Waals surface area contributed by atoms with Gasteiger partial charge in [0.1, 0.15) is 5.75 Å². The number of nitrogens with two attached hydrogens (primary N) is 1. The molecule has 0 saturated carbocycles. The van der Waals surface area contributed by atoms with Gasteiger partial charge in [-0.25, -0.2) is 0 Å². The summed E-state index contributed by atoms with van der Waals surface area (Å²) in [6.45, 7) is 11.8. The van der Waals surface area contributed by atoms with Crippen LogP contribution in [-0.2, 0) is 9.16 Å². The van der Waals surface area contributed by atoms with Gasteiger partial charge in [0.15, 0.2) is 15.1 Å². The molecule has 6 heteroatoms. The summed E-state index contributed by atoms with van der Waals surface area (Å²) in [5.74, 6) is 0.732. The molecule has 0 aliphatic rings. The third kappa shape index (κ3) is 5.62. The van der Waals surface area contributed by atoms with Gasteiger partial charge in [-0.2, -0.15) is 0 Å². The molecule has 1 atom stereocenters. The average Bonchev–Trinajstić information content (AvgIpc) is 2.64. The molecule has 0 unspecified atom stereocenters.